The normalized spacial score (nSPS) is 13.9. The zero-order valence-electron chi connectivity index (χ0n) is 16.1. The molecule has 1 saturated heterocycles. The van der Waals surface area contributed by atoms with Crippen molar-refractivity contribution >= 4 is 22.5 Å². The Bertz CT molecular complexity index is 1230. The Hall–Kier alpha value is -3.65. The number of aromatic nitrogens is 4. The van der Waals surface area contributed by atoms with E-state index in [1.54, 1.807) is 0 Å². The van der Waals surface area contributed by atoms with Gasteiger partial charge in [-0.3, -0.25) is 24.8 Å². The van der Waals surface area contributed by atoms with Crippen LogP contribution < -0.4 is 5.32 Å². The van der Waals surface area contributed by atoms with Crippen LogP contribution in [0, 0.1) is 5.82 Å². The van der Waals surface area contributed by atoms with Crippen molar-refractivity contribution in [2.45, 2.75) is 13.0 Å². The second-order valence-corrected chi connectivity index (χ2v) is 7.39. The molecule has 0 radical (unpaired) electrons. The molecule has 150 valence electrons. The van der Waals surface area contributed by atoms with Gasteiger partial charge in [0.1, 0.15) is 5.82 Å². The number of rotatable bonds is 5. The number of halogens is 1. The summed E-state index contributed by atoms with van der Waals surface area (Å²) in [6.45, 7) is 3.15. The van der Waals surface area contributed by atoms with Gasteiger partial charge in [-0.25, -0.2) is 4.39 Å². The molecule has 7 nitrogen and oxygen atoms in total. The number of likely N-dealkylation sites (tertiary alicyclic amines) is 1. The van der Waals surface area contributed by atoms with Gasteiger partial charge in [-0.1, -0.05) is 6.07 Å². The fraction of sp³-hybridized carbons (Fsp3) is 0.182. The monoisotopic (exact) mass is 402 g/mol. The maximum atomic E-state index is 13.3. The maximum Gasteiger partial charge on any atom is 0.276 e. The van der Waals surface area contributed by atoms with Gasteiger partial charge in [0.2, 0.25) is 0 Å². The molecule has 1 fully saturated rings. The number of carbonyl (C=O) groups is 1. The molecule has 8 heteroatoms. The number of carbonyl (C=O) groups excluding carboxylic acids is 1. The van der Waals surface area contributed by atoms with E-state index >= 15 is 0 Å². The van der Waals surface area contributed by atoms with E-state index in [-0.39, 0.29) is 11.4 Å². The van der Waals surface area contributed by atoms with Crippen LogP contribution in [0.15, 0.2) is 55.1 Å². The van der Waals surface area contributed by atoms with E-state index in [9.17, 15) is 9.18 Å². The number of fused-ring (bicyclic) bond motifs is 1. The lowest BCUT2D eigenvalue weighted by Gasteiger charge is -2.30. The third-order valence-electron chi connectivity index (χ3n) is 5.22. The van der Waals surface area contributed by atoms with E-state index in [0.29, 0.717) is 5.39 Å². The molecule has 4 heterocycles. The third-order valence-corrected chi connectivity index (χ3v) is 5.22. The lowest BCUT2D eigenvalue weighted by molar-refractivity contribution is 0.102. The topological polar surface area (TPSA) is 86.8 Å². The molecule has 30 heavy (non-hydrogen) atoms. The first-order valence-electron chi connectivity index (χ1n) is 9.72. The molecular formula is C22H19FN6O. The van der Waals surface area contributed by atoms with Crippen LogP contribution in [0.4, 0.5) is 10.1 Å². The number of H-pyrrole nitrogens is 1. The van der Waals surface area contributed by atoms with Gasteiger partial charge in [0.05, 0.1) is 23.6 Å². The standard InChI is InChI=1S/C22H19FN6O/c23-17-8-18(12-25-11-17)26-22(30)21-19-7-15(2-3-20(19)27-28-21)16-6-14(9-24-10-16)13-29-4-1-5-29/h2-3,6-12H,1,4-5,13H2,(H,26,30)(H,27,28). The molecule has 0 aliphatic carbocycles. The molecule has 1 amide bonds. The summed E-state index contributed by atoms with van der Waals surface area (Å²) in [5, 5.41) is 10.3. The molecule has 5 rings (SSSR count). The van der Waals surface area contributed by atoms with Crippen molar-refractivity contribution in [2.75, 3.05) is 18.4 Å². The highest BCUT2D eigenvalue weighted by Gasteiger charge is 2.17. The number of amides is 1. The second-order valence-electron chi connectivity index (χ2n) is 7.39. The molecule has 0 saturated carbocycles. The third kappa shape index (κ3) is 3.65. The summed E-state index contributed by atoms with van der Waals surface area (Å²) in [6.07, 6.45) is 7.43. The first kappa shape index (κ1) is 18.4. The van der Waals surface area contributed by atoms with Crippen LogP contribution >= 0.6 is 0 Å². The minimum atomic E-state index is -0.521. The quantitative estimate of drug-likeness (QED) is 0.533. The first-order valence-corrected chi connectivity index (χ1v) is 9.72. The number of hydrogen-bond acceptors (Lipinski definition) is 5. The highest BCUT2D eigenvalue weighted by Crippen LogP contribution is 2.26. The van der Waals surface area contributed by atoms with Crippen LogP contribution in [-0.2, 0) is 6.54 Å². The number of anilines is 1. The van der Waals surface area contributed by atoms with E-state index < -0.39 is 11.7 Å². The van der Waals surface area contributed by atoms with Gasteiger partial charge in [0.25, 0.3) is 5.91 Å². The highest BCUT2D eigenvalue weighted by atomic mass is 19.1. The number of hydrogen-bond donors (Lipinski definition) is 2. The molecule has 0 unspecified atom stereocenters. The Balaban J connectivity index is 1.44. The van der Waals surface area contributed by atoms with Gasteiger partial charge >= 0.3 is 0 Å². The number of aromatic amines is 1. The number of nitrogens with one attached hydrogen (secondary N) is 2. The van der Waals surface area contributed by atoms with Crippen LogP contribution in [-0.4, -0.2) is 44.1 Å². The summed E-state index contributed by atoms with van der Waals surface area (Å²) in [5.41, 5.74) is 4.35. The van der Waals surface area contributed by atoms with Crippen LogP contribution in [0.1, 0.15) is 22.5 Å². The molecule has 1 aliphatic heterocycles. The Morgan fingerprint density at radius 1 is 1.07 bits per heavy atom. The van der Waals surface area contributed by atoms with E-state index in [0.717, 1.165) is 48.0 Å². The van der Waals surface area contributed by atoms with Crippen LogP contribution in [0.5, 0.6) is 0 Å². The minimum absolute atomic E-state index is 0.237. The molecule has 1 aromatic carbocycles. The van der Waals surface area contributed by atoms with Crippen LogP contribution in [0.25, 0.3) is 22.0 Å². The average molecular weight is 402 g/mol. The maximum absolute atomic E-state index is 13.3. The van der Waals surface area contributed by atoms with Crippen molar-refractivity contribution in [2.24, 2.45) is 0 Å². The number of nitrogens with zero attached hydrogens (tertiary/aromatic N) is 4. The predicted octanol–water partition coefficient (Wildman–Crippen LogP) is 3.62. The molecule has 0 bridgehead atoms. The van der Waals surface area contributed by atoms with Crippen molar-refractivity contribution in [1.29, 1.82) is 0 Å². The summed E-state index contributed by atoms with van der Waals surface area (Å²) in [7, 11) is 0. The van der Waals surface area contributed by atoms with Gasteiger partial charge in [-0.05, 0) is 48.8 Å². The van der Waals surface area contributed by atoms with Crippen molar-refractivity contribution in [3.05, 3.63) is 72.2 Å². The van der Waals surface area contributed by atoms with Gasteiger partial charge in [0, 0.05) is 36.0 Å². The first-order chi connectivity index (χ1) is 14.7. The zero-order valence-corrected chi connectivity index (χ0v) is 16.1. The lowest BCUT2D eigenvalue weighted by atomic mass is 10.0. The largest absolute Gasteiger partial charge is 0.319 e. The SMILES string of the molecule is O=C(Nc1cncc(F)c1)c1n[nH]c2ccc(-c3cncc(CN4CCC4)c3)cc12. The summed E-state index contributed by atoms with van der Waals surface area (Å²) in [6, 6.07) is 9.12. The molecule has 2 N–H and O–H groups in total. The van der Waals surface area contributed by atoms with Gasteiger partial charge in [-0.2, -0.15) is 5.10 Å². The van der Waals surface area contributed by atoms with E-state index in [1.807, 2.05) is 30.6 Å². The Kier molecular flexibility index (Phi) is 4.68. The highest BCUT2D eigenvalue weighted by molar-refractivity contribution is 6.11. The van der Waals surface area contributed by atoms with Crippen LogP contribution in [0.2, 0.25) is 0 Å². The van der Waals surface area contributed by atoms with E-state index in [4.69, 9.17) is 0 Å². The molecule has 4 aromatic rings. The summed E-state index contributed by atoms with van der Waals surface area (Å²) < 4.78 is 13.3. The van der Waals surface area contributed by atoms with Crippen LogP contribution in [0.3, 0.4) is 0 Å². The average Bonchev–Trinajstić information content (AvgIpc) is 3.14. The number of pyridine rings is 2. The van der Waals surface area contributed by atoms with E-state index in [1.165, 1.54) is 18.7 Å². The predicted molar refractivity (Wildman–Crippen MR) is 111 cm³/mol. The Morgan fingerprint density at radius 2 is 1.93 bits per heavy atom. The summed E-state index contributed by atoms with van der Waals surface area (Å²) in [5.74, 6) is -0.956. The Morgan fingerprint density at radius 3 is 2.73 bits per heavy atom. The van der Waals surface area contributed by atoms with Gasteiger partial charge < -0.3 is 5.32 Å². The molecule has 0 spiro atoms. The summed E-state index contributed by atoms with van der Waals surface area (Å²) >= 11 is 0. The second kappa shape index (κ2) is 7.64. The smallest absolute Gasteiger partial charge is 0.276 e. The molecule has 1 aliphatic rings. The summed E-state index contributed by atoms with van der Waals surface area (Å²) in [4.78, 5) is 23.2. The fourth-order valence-electron chi connectivity index (χ4n) is 3.57. The van der Waals surface area contributed by atoms with E-state index in [2.05, 4.69) is 36.4 Å². The Labute approximate surface area is 172 Å². The molecular weight excluding hydrogens is 383 g/mol. The van der Waals surface area contributed by atoms with Crippen molar-refractivity contribution in [1.82, 2.24) is 25.1 Å². The van der Waals surface area contributed by atoms with Crippen molar-refractivity contribution < 1.29 is 9.18 Å². The zero-order chi connectivity index (χ0) is 20.5. The minimum Gasteiger partial charge on any atom is -0.319 e. The van der Waals surface area contributed by atoms with Gasteiger partial charge in [0.15, 0.2) is 5.69 Å². The van der Waals surface area contributed by atoms with Crippen molar-refractivity contribution in [3.63, 3.8) is 0 Å². The lowest BCUT2D eigenvalue weighted by Crippen LogP contribution is -2.36. The van der Waals surface area contributed by atoms with Crippen molar-refractivity contribution in [3.8, 4) is 11.1 Å². The van der Waals surface area contributed by atoms with Gasteiger partial charge in [-0.15, -0.1) is 0 Å². The fourth-order valence-corrected chi connectivity index (χ4v) is 3.57. The molecule has 0 atom stereocenters. The molecule has 3 aromatic heterocycles. The number of benzene rings is 1.